The summed E-state index contributed by atoms with van der Waals surface area (Å²) in [4.78, 5) is 36.8. The van der Waals surface area contributed by atoms with Crippen LogP contribution in [0.3, 0.4) is 0 Å². The first-order valence-electron chi connectivity index (χ1n) is 8.06. The van der Waals surface area contributed by atoms with Gasteiger partial charge in [0.2, 0.25) is 0 Å². The van der Waals surface area contributed by atoms with Crippen molar-refractivity contribution in [2.24, 2.45) is 0 Å². The molecule has 0 atom stereocenters. The molecule has 0 saturated heterocycles. The fourth-order valence-electron chi connectivity index (χ4n) is 1.19. The van der Waals surface area contributed by atoms with Gasteiger partial charge in [0.1, 0.15) is 0 Å². The van der Waals surface area contributed by atoms with Crippen LogP contribution in [0.25, 0.3) is 0 Å². The second-order valence-electron chi connectivity index (χ2n) is 5.65. The Hall–Kier alpha value is -2.28. The van der Waals surface area contributed by atoms with Gasteiger partial charge in [-0.3, -0.25) is 19.2 Å². The number of hydrogen-bond acceptors (Lipinski definition) is 6. The van der Waals surface area contributed by atoms with E-state index in [1.54, 1.807) is 0 Å². The van der Waals surface area contributed by atoms with Crippen molar-refractivity contribution in [3.63, 3.8) is 0 Å². The maximum Gasteiger partial charge on any atom is 0.316 e. The minimum atomic E-state index is -0.125. The van der Waals surface area contributed by atoms with Crippen LogP contribution in [0.15, 0.2) is 47.3 Å². The van der Waals surface area contributed by atoms with Crippen molar-refractivity contribution in [3.8, 4) is 0 Å². The third kappa shape index (κ3) is 76.9. The second-order valence-corrected chi connectivity index (χ2v) is 5.65. The Bertz CT molecular complexity index is 513. The third-order valence-electron chi connectivity index (χ3n) is 1.66. The average molecular weight is 494 g/mol. The van der Waals surface area contributed by atoms with E-state index in [4.69, 9.17) is 30.0 Å². The second kappa shape index (κ2) is 23.8. The van der Waals surface area contributed by atoms with Crippen LogP contribution < -0.4 is 0 Å². The summed E-state index contributed by atoms with van der Waals surface area (Å²) in [6.07, 6.45) is 4.89. The van der Waals surface area contributed by atoms with Crippen molar-refractivity contribution in [1.29, 1.82) is 0 Å². The first kappa shape index (κ1) is 37.5. The molecule has 0 aliphatic rings. The number of carbonyl (C=O) groups excluding carboxylic acids is 4. The van der Waals surface area contributed by atoms with E-state index >= 15 is 0 Å². The smallest absolute Gasteiger partial charge is 0.316 e. The van der Waals surface area contributed by atoms with Gasteiger partial charge in [-0.15, -0.1) is 0 Å². The van der Waals surface area contributed by atoms with Crippen molar-refractivity contribution >= 4 is 23.1 Å². The summed E-state index contributed by atoms with van der Waals surface area (Å²) in [7, 11) is 0. The van der Waals surface area contributed by atoms with Crippen LogP contribution >= 0.6 is 0 Å². The van der Waals surface area contributed by atoms with E-state index < -0.39 is 0 Å². The van der Waals surface area contributed by atoms with Crippen molar-refractivity contribution in [2.75, 3.05) is 0 Å². The molecular formula is C20H34O8Zr+2. The van der Waals surface area contributed by atoms with Crippen LogP contribution in [-0.4, -0.2) is 53.1 Å². The summed E-state index contributed by atoms with van der Waals surface area (Å²) < 4.78 is 0. The molecule has 0 fully saturated rings. The summed E-state index contributed by atoms with van der Waals surface area (Å²) in [6.45, 7) is 11.7. The van der Waals surface area contributed by atoms with Crippen molar-refractivity contribution in [3.05, 3.63) is 47.3 Å². The topological polar surface area (TPSA) is 158 Å². The minimum Gasteiger partial charge on any atom is -0.512 e. The van der Waals surface area contributed by atoms with Crippen LogP contribution in [0.4, 0.5) is 0 Å². The van der Waals surface area contributed by atoms with Crippen molar-refractivity contribution in [1.82, 2.24) is 0 Å². The Labute approximate surface area is 191 Å². The normalized spacial score (nSPS) is 11.0. The van der Waals surface area contributed by atoms with Crippen molar-refractivity contribution < 1.29 is 65.8 Å². The summed E-state index contributed by atoms with van der Waals surface area (Å²) in [5.74, 6) is 0.375. The number of aliphatic hydroxyl groups excluding tert-OH is 4. The number of aliphatic hydroxyl groups is 4. The van der Waals surface area contributed by atoms with Gasteiger partial charge in [0.25, 0.3) is 0 Å². The SMILES string of the molecule is CC(=O)/C=C(/C)O.CC(=O)/C=C(/C)O.CC(=[OH+])/C=C(/C)O.CC(=[OH+])/C=C(/C)O.[Zr]. The van der Waals surface area contributed by atoms with E-state index in [0.717, 1.165) is 0 Å². The van der Waals surface area contributed by atoms with E-state index in [1.165, 1.54) is 79.7 Å². The zero-order valence-corrected chi connectivity index (χ0v) is 20.8. The van der Waals surface area contributed by atoms with Gasteiger partial charge in [-0.05, 0) is 41.5 Å². The summed E-state index contributed by atoms with van der Waals surface area (Å²) >= 11 is 0. The maximum atomic E-state index is 10.0. The Kier molecular flexibility index (Phi) is 30.7. The predicted octanol–water partition coefficient (Wildman–Crippen LogP) is 4.10. The average Bonchev–Trinajstić information content (AvgIpc) is 2.32. The van der Waals surface area contributed by atoms with E-state index in [0.29, 0.717) is 0 Å². The Morgan fingerprint density at radius 2 is 0.690 bits per heavy atom. The molecule has 0 aromatic heterocycles. The number of allylic oxidation sites excluding steroid dienone is 8. The molecule has 0 aliphatic heterocycles. The van der Waals surface area contributed by atoms with Gasteiger partial charge in [-0.25, -0.2) is 0 Å². The minimum absolute atomic E-state index is 0. The summed E-state index contributed by atoms with van der Waals surface area (Å²) in [6, 6.07) is 0. The quantitative estimate of drug-likeness (QED) is 0.262. The van der Waals surface area contributed by atoms with Crippen LogP contribution in [0, 0.1) is 0 Å². The van der Waals surface area contributed by atoms with E-state index in [2.05, 4.69) is 0 Å². The molecule has 0 aliphatic carbocycles. The van der Waals surface area contributed by atoms with Crippen LogP contribution in [0.5, 0.6) is 0 Å². The molecule has 0 aromatic rings. The van der Waals surface area contributed by atoms with Gasteiger partial charge in [-0.1, -0.05) is 0 Å². The third-order valence-corrected chi connectivity index (χ3v) is 1.66. The molecule has 6 N–H and O–H groups in total. The Morgan fingerprint density at radius 1 is 0.517 bits per heavy atom. The van der Waals surface area contributed by atoms with Gasteiger partial charge in [0.15, 0.2) is 11.6 Å². The van der Waals surface area contributed by atoms with Crippen molar-refractivity contribution in [2.45, 2.75) is 55.4 Å². The molecule has 8 nitrogen and oxygen atoms in total. The van der Waals surface area contributed by atoms with Gasteiger partial charge in [0.05, 0.1) is 49.0 Å². The molecule has 29 heavy (non-hydrogen) atoms. The molecule has 164 valence electrons. The molecule has 0 saturated carbocycles. The molecule has 0 spiro atoms. The Balaban J connectivity index is -0.0000000873. The number of hydrogen-bond donors (Lipinski definition) is 4. The predicted molar refractivity (Wildman–Crippen MR) is 112 cm³/mol. The van der Waals surface area contributed by atoms with Gasteiger partial charge >= 0.3 is 11.6 Å². The molecule has 0 heterocycles. The van der Waals surface area contributed by atoms with E-state index in [9.17, 15) is 9.59 Å². The summed E-state index contributed by atoms with van der Waals surface area (Å²) in [5.41, 5.74) is 0. The molecule has 9 heteroatoms. The maximum absolute atomic E-state index is 10.0. The summed E-state index contributed by atoms with van der Waals surface area (Å²) in [5, 5.41) is 33.5. The number of ketones is 4. The molecule has 0 amide bonds. The molecule has 0 aromatic carbocycles. The zero-order valence-electron chi connectivity index (χ0n) is 18.3. The fourth-order valence-corrected chi connectivity index (χ4v) is 1.19. The largest absolute Gasteiger partial charge is 0.512 e. The Morgan fingerprint density at radius 3 is 0.690 bits per heavy atom. The van der Waals surface area contributed by atoms with Crippen LogP contribution in [0.1, 0.15) is 55.4 Å². The van der Waals surface area contributed by atoms with Crippen LogP contribution in [0.2, 0.25) is 0 Å². The monoisotopic (exact) mass is 492 g/mol. The first-order chi connectivity index (χ1) is 12.5. The van der Waals surface area contributed by atoms with Gasteiger partial charge in [0, 0.05) is 38.4 Å². The molecule has 0 radical (unpaired) electrons. The first-order valence-corrected chi connectivity index (χ1v) is 8.06. The molecule has 0 bridgehead atoms. The van der Waals surface area contributed by atoms with E-state index in [-0.39, 0.29) is 72.4 Å². The number of rotatable bonds is 4. The zero-order chi connectivity index (χ0) is 23.4. The van der Waals surface area contributed by atoms with Gasteiger partial charge < -0.3 is 20.4 Å². The number of carbonyl (C=O) groups is 2. The molecular weight excluding hydrogens is 459 g/mol. The van der Waals surface area contributed by atoms with Crippen LogP contribution in [-0.2, 0) is 35.8 Å². The molecule has 0 rings (SSSR count). The standard InChI is InChI=1S/4C5H8O2.Zr/c4*1-4(6)3-5(2)7;/h4*3,6H,1-2H3;/p+2/b4*4-3-;. The van der Waals surface area contributed by atoms with E-state index in [1.807, 2.05) is 0 Å². The fraction of sp³-hybridized carbons (Fsp3) is 0.400. The molecule has 0 unspecified atom stereocenters. The van der Waals surface area contributed by atoms with Gasteiger partial charge in [-0.2, -0.15) is 0 Å².